The molecule has 3 aromatic rings. The van der Waals surface area contributed by atoms with Crippen molar-refractivity contribution in [3.05, 3.63) is 47.4 Å². The summed E-state index contributed by atoms with van der Waals surface area (Å²) < 4.78 is 6.34. The number of carbonyl (C=O) groups is 2. The highest BCUT2D eigenvalue weighted by molar-refractivity contribution is 5.90. The van der Waals surface area contributed by atoms with Crippen molar-refractivity contribution < 1.29 is 24.4 Å². The van der Waals surface area contributed by atoms with Gasteiger partial charge in [-0.15, -0.1) is 0 Å². The summed E-state index contributed by atoms with van der Waals surface area (Å²) in [7, 11) is 0. The molecule has 4 rings (SSSR count). The van der Waals surface area contributed by atoms with E-state index >= 15 is 0 Å². The molecule has 10 heteroatoms. The number of hydrogen-bond acceptors (Lipinski definition) is 7. The van der Waals surface area contributed by atoms with Crippen molar-refractivity contribution in [3.8, 4) is 0 Å². The molecule has 30 heavy (non-hydrogen) atoms. The molecule has 0 saturated carbocycles. The highest BCUT2D eigenvalue weighted by Crippen LogP contribution is 2.31. The van der Waals surface area contributed by atoms with Gasteiger partial charge in [-0.25, -0.2) is 4.63 Å². The van der Waals surface area contributed by atoms with Gasteiger partial charge in [-0.3, -0.25) is 19.4 Å². The SMILES string of the molecule is Cc1nonc1CN1CCN([C@@H](C(=O)O)c2cn(CC(=O)O)c3ccccc23)CC1. The largest absolute Gasteiger partial charge is 0.480 e. The minimum absolute atomic E-state index is 0.217. The van der Waals surface area contributed by atoms with Gasteiger partial charge in [0.2, 0.25) is 0 Å². The molecule has 0 unspecified atom stereocenters. The van der Waals surface area contributed by atoms with Crippen LogP contribution in [0.4, 0.5) is 0 Å². The maximum atomic E-state index is 12.2. The smallest absolute Gasteiger partial charge is 0.325 e. The Balaban J connectivity index is 1.56. The van der Waals surface area contributed by atoms with Crippen LogP contribution in [-0.4, -0.2) is 73.0 Å². The van der Waals surface area contributed by atoms with E-state index in [9.17, 15) is 19.8 Å². The van der Waals surface area contributed by atoms with Crippen LogP contribution < -0.4 is 0 Å². The number of fused-ring (bicyclic) bond motifs is 1. The number of carboxylic acids is 2. The van der Waals surface area contributed by atoms with Gasteiger partial charge in [-0.2, -0.15) is 0 Å². The summed E-state index contributed by atoms with van der Waals surface area (Å²) in [6.45, 7) is 4.74. The zero-order valence-corrected chi connectivity index (χ0v) is 16.6. The molecule has 1 aliphatic rings. The van der Waals surface area contributed by atoms with Gasteiger partial charge in [0.1, 0.15) is 24.0 Å². The molecule has 2 aromatic heterocycles. The summed E-state index contributed by atoms with van der Waals surface area (Å²) in [6, 6.07) is 6.46. The average molecular weight is 413 g/mol. The number of benzene rings is 1. The van der Waals surface area contributed by atoms with Crippen LogP contribution in [-0.2, 0) is 22.7 Å². The topological polar surface area (TPSA) is 125 Å². The van der Waals surface area contributed by atoms with E-state index in [0.717, 1.165) is 16.8 Å². The summed E-state index contributed by atoms with van der Waals surface area (Å²) in [5.41, 5.74) is 2.88. The van der Waals surface area contributed by atoms with Gasteiger partial charge in [0.05, 0.1) is 0 Å². The quantitative estimate of drug-likeness (QED) is 0.590. The number of nitrogens with zero attached hydrogens (tertiary/aromatic N) is 5. The van der Waals surface area contributed by atoms with Gasteiger partial charge >= 0.3 is 11.9 Å². The fraction of sp³-hybridized carbons (Fsp3) is 0.400. The number of para-hydroxylation sites is 1. The van der Waals surface area contributed by atoms with E-state index in [2.05, 4.69) is 15.2 Å². The zero-order chi connectivity index (χ0) is 21.3. The van der Waals surface area contributed by atoms with Crippen molar-refractivity contribution >= 4 is 22.8 Å². The van der Waals surface area contributed by atoms with Gasteiger partial charge in [-0.05, 0) is 13.0 Å². The Morgan fingerprint density at radius 2 is 1.87 bits per heavy atom. The zero-order valence-electron chi connectivity index (χ0n) is 16.6. The van der Waals surface area contributed by atoms with Crippen LogP contribution in [0, 0.1) is 6.92 Å². The van der Waals surface area contributed by atoms with Crippen LogP contribution in [0.1, 0.15) is 23.0 Å². The molecular weight excluding hydrogens is 390 g/mol. The predicted molar refractivity (Wildman–Crippen MR) is 106 cm³/mol. The molecule has 1 saturated heterocycles. The van der Waals surface area contributed by atoms with Crippen LogP contribution in [0.5, 0.6) is 0 Å². The second kappa shape index (κ2) is 8.25. The maximum absolute atomic E-state index is 12.2. The Hall–Kier alpha value is -3.24. The van der Waals surface area contributed by atoms with E-state index in [1.807, 2.05) is 36.1 Å². The Labute approximate surface area is 172 Å². The molecule has 1 fully saturated rings. The van der Waals surface area contributed by atoms with E-state index in [-0.39, 0.29) is 6.54 Å². The van der Waals surface area contributed by atoms with Gasteiger partial charge in [-0.1, -0.05) is 28.5 Å². The molecule has 10 nitrogen and oxygen atoms in total. The lowest BCUT2D eigenvalue weighted by Crippen LogP contribution is -2.48. The van der Waals surface area contributed by atoms with Crippen molar-refractivity contribution in [1.29, 1.82) is 0 Å². The van der Waals surface area contributed by atoms with Gasteiger partial charge in [0.15, 0.2) is 0 Å². The number of rotatable bonds is 7. The summed E-state index contributed by atoms with van der Waals surface area (Å²) >= 11 is 0. The van der Waals surface area contributed by atoms with E-state index in [1.54, 1.807) is 10.8 Å². The normalized spacial score (nSPS) is 16.7. The molecule has 1 aromatic carbocycles. The predicted octanol–water partition coefficient (Wildman–Crippen LogP) is 1.36. The van der Waals surface area contributed by atoms with Crippen molar-refractivity contribution in [2.45, 2.75) is 26.1 Å². The minimum Gasteiger partial charge on any atom is -0.480 e. The molecule has 0 bridgehead atoms. The molecule has 1 aliphatic heterocycles. The first kappa shape index (κ1) is 20.0. The number of aliphatic carboxylic acids is 2. The van der Waals surface area contributed by atoms with Crippen molar-refractivity contribution in [1.82, 2.24) is 24.7 Å². The Morgan fingerprint density at radius 3 is 2.50 bits per heavy atom. The van der Waals surface area contributed by atoms with E-state index in [4.69, 9.17) is 4.63 Å². The molecule has 0 aliphatic carbocycles. The van der Waals surface area contributed by atoms with Crippen molar-refractivity contribution in [2.75, 3.05) is 26.2 Å². The molecule has 0 amide bonds. The molecule has 0 spiro atoms. The lowest BCUT2D eigenvalue weighted by atomic mass is 10.0. The van der Waals surface area contributed by atoms with Crippen molar-refractivity contribution in [3.63, 3.8) is 0 Å². The molecule has 3 heterocycles. The number of hydrogen-bond donors (Lipinski definition) is 2. The van der Waals surface area contributed by atoms with Crippen LogP contribution >= 0.6 is 0 Å². The molecule has 1 atom stereocenters. The summed E-state index contributed by atoms with van der Waals surface area (Å²) in [4.78, 5) is 27.6. The summed E-state index contributed by atoms with van der Waals surface area (Å²) in [5, 5.41) is 27.7. The fourth-order valence-corrected chi connectivity index (χ4v) is 4.04. The first-order chi connectivity index (χ1) is 14.4. The number of aryl methyl sites for hydroxylation is 1. The van der Waals surface area contributed by atoms with Crippen LogP contribution in [0.25, 0.3) is 10.9 Å². The molecule has 2 N–H and O–H groups in total. The summed E-state index contributed by atoms with van der Waals surface area (Å²) in [5.74, 6) is -1.92. The van der Waals surface area contributed by atoms with Crippen molar-refractivity contribution in [2.24, 2.45) is 0 Å². The second-order valence-corrected chi connectivity index (χ2v) is 7.47. The molecular formula is C20H23N5O5. The lowest BCUT2D eigenvalue weighted by molar-refractivity contribution is -0.144. The third kappa shape index (κ3) is 3.91. The first-order valence-electron chi connectivity index (χ1n) is 9.71. The van der Waals surface area contributed by atoms with E-state index in [0.29, 0.717) is 43.8 Å². The highest BCUT2D eigenvalue weighted by Gasteiger charge is 2.33. The standard InChI is InChI=1S/C20H23N5O5/c1-13-16(22-30-21-13)11-23-6-8-24(9-7-23)19(20(28)29)15-10-25(12-18(26)27)17-5-3-2-4-14(15)17/h2-5,10,19H,6-9,11-12H2,1H3,(H,26,27)(H,28,29)/t19-/m1/s1. The van der Waals surface area contributed by atoms with Crippen LogP contribution in [0.15, 0.2) is 35.1 Å². The van der Waals surface area contributed by atoms with E-state index < -0.39 is 18.0 Å². The Morgan fingerprint density at radius 1 is 1.13 bits per heavy atom. The van der Waals surface area contributed by atoms with Gasteiger partial charge < -0.3 is 14.8 Å². The molecule has 158 valence electrons. The van der Waals surface area contributed by atoms with Gasteiger partial charge in [0, 0.05) is 55.4 Å². The number of piperazine rings is 1. The van der Waals surface area contributed by atoms with Crippen LogP contribution in [0.2, 0.25) is 0 Å². The number of aromatic nitrogens is 3. The third-order valence-electron chi connectivity index (χ3n) is 5.55. The first-order valence-corrected chi connectivity index (χ1v) is 9.71. The van der Waals surface area contributed by atoms with E-state index in [1.165, 1.54) is 0 Å². The number of carboxylic acid groups (broad SMARTS) is 2. The Bertz CT molecular complexity index is 1070. The highest BCUT2D eigenvalue weighted by atomic mass is 16.6. The second-order valence-electron chi connectivity index (χ2n) is 7.47. The maximum Gasteiger partial charge on any atom is 0.325 e. The summed E-state index contributed by atoms with van der Waals surface area (Å²) in [6.07, 6.45) is 1.66. The monoisotopic (exact) mass is 413 g/mol. The molecule has 0 radical (unpaired) electrons. The minimum atomic E-state index is -0.972. The fourth-order valence-electron chi connectivity index (χ4n) is 4.04. The van der Waals surface area contributed by atoms with Crippen LogP contribution in [0.3, 0.4) is 0 Å². The third-order valence-corrected chi connectivity index (χ3v) is 5.55. The van der Waals surface area contributed by atoms with Gasteiger partial charge in [0.25, 0.3) is 0 Å². The lowest BCUT2D eigenvalue weighted by Gasteiger charge is -2.37. The average Bonchev–Trinajstić information content (AvgIpc) is 3.27. The Kier molecular flexibility index (Phi) is 5.51.